The lowest BCUT2D eigenvalue weighted by molar-refractivity contribution is 0.470. The molecule has 0 aliphatic carbocycles. The minimum atomic E-state index is -0.325. The Balaban J connectivity index is 1.73. The first-order chi connectivity index (χ1) is 12.8. The Morgan fingerprint density at radius 3 is 2.62 bits per heavy atom. The zero-order valence-electron chi connectivity index (χ0n) is 15.5. The van der Waals surface area contributed by atoms with Crippen molar-refractivity contribution in [2.24, 2.45) is 4.99 Å². The van der Waals surface area contributed by atoms with E-state index in [-0.39, 0.29) is 6.67 Å². The number of nitrogens with zero attached hydrogens (tertiary/aromatic N) is 2. The van der Waals surface area contributed by atoms with Gasteiger partial charge in [-0.15, -0.1) is 0 Å². The molecule has 2 N–H and O–H groups in total. The van der Waals surface area contributed by atoms with Crippen molar-refractivity contribution in [3.63, 3.8) is 0 Å². The summed E-state index contributed by atoms with van der Waals surface area (Å²) < 4.78 is 17.6. The number of hydrogen-bond donors (Lipinski definition) is 2. The average Bonchev–Trinajstić information content (AvgIpc) is 3.19. The topological polar surface area (TPSA) is 52.8 Å². The highest BCUT2D eigenvalue weighted by Gasteiger charge is 2.02. The minimum absolute atomic E-state index is 0.325. The van der Waals surface area contributed by atoms with E-state index < -0.39 is 0 Å². The second kappa shape index (κ2) is 12.0. The predicted octanol–water partition coefficient (Wildman–Crippen LogP) is 3.24. The van der Waals surface area contributed by atoms with Crippen LogP contribution in [0.15, 0.2) is 58.1 Å². The number of hydrogen-bond acceptors (Lipinski definition) is 3. The third-order valence-corrected chi connectivity index (χ3v) is 3.97. The Morgan fingerprint density at radius 1 is 1.08 bits per heavy atom. The standard InChI is InChI=1S/C20H29FN4O/c1-25(18-8-3-2-4-9-18)16-7-14-23-20(22-13-6-12-21)24-15-11-19-10-5-17-26-19/h2-5,8-10,17H,6-7,11-16H2,1H3,(H2,22,23,24). The number of halogens is 1. The summed E-state index contributed by atoms with van der Waals surface area (Å²) in [5.41, 5.74) is 1.20. The Bertz CT molecular complexity index is 616. The quantitative estimate of drug-likeness (QED) is 0.367. The van der Waals surface area contributed by atoms with E-state index in [0.717, 1.165) is 37.7 Å². The van der Waals surface area contributed by atoms with Crippen LogP contribution in [0.5, 0.6) is 0 Å². The normalized spacial score (nSPS) is 11.4. The Kier molecular flexibility index (Phi) is 9.11. The zero-order chi connectivity index (χ0) is 18.5. The van der Waals surface area contributed by atoms with Gasteiger partial charge in [-0.05, 0) is 37.1 Å². The van der Waals surface area contributed by atoms with Gasteiger partial charge in [-0.3, -0.25) is 9.38 Å². The van der Waals surface area contributed by atoms with Crippen molar-refractivity contribution < 1.29 is 8.81 Å². The smallest absolute Gasteiger partial charge is 0.191 e. The fourth-order valence-electron chi connectivity index (χ4n) is 2.52. The molecular formula is C20H29FN4O. The molecule has 0 aliphatic heterocycles. The van der Waals surface area contributed by atoms with Crippen LogP contribution in [0, 0.1) is 0 Å². The summed E-state index contributed by atoms with van der Waals surface area (Å²) in [5.74, 6) is 1.66. The van der Waals surface area contributed by atoms with Crippen LogP contribution < -0.4 is 15.5 Å². The number of para-hydroxylation sites is 1. The number of furan rings is 1. The molecule has 5 nitrogen and oxygen atoms in total. The molecule has 0 spiro atoms. The van der Waals surface area contributed by atoms with Gasteiger partial charge in [0.25, 0.3) is 0 Å². The molecule has 0 unspecified atom stereocenters. The molecule has 0 bridgehead atoms. The summed E-state index contributed by atoms with van der Waals surface area (Å²) in [7, 11) is 2.08. The first-order valence-electron chi connectivity index (χ1n) is 9.16. The lowest BCUT2D eigenvalue weighted by Gasteiger charge is -2.18. The molecule has 1 heterocycles. The number of aliphatic imine (C=N–C) groups is 1. The Morgan fingerprint density at radius 2 is 1.88 bits per heavy atom. The number of guanidine groups is 1. The lowest BCUT2D eigenvalue weighted by Crippen LogP contribution is -2.39. The maximum absolute atomic E-state index is 12.3. The average molecular weight is 360 g/mol. The van der Waals surface area contributed by atoms with Crippen molar-refractivity contribution in [2.75, 3.05) is 44.8 Å². The molecule has 0 aliphatic rings. The van der Waals surface area contributed by atoms with Crippen LogP contribution in [0.25, 0.3) is 0 Å². The SMILES string of the molecule is CN(CCCN=C(NCCCF)NCCc1ccco1)c1ccccc1. The van der Waals surface area contributed by atoms with Gasteiger partial charge in [0.1, 0.15) is 5.76 Å². The van der Waals surface area contributed by atoms with Gasteiger partial charge in [-0.25, -0.2) is 0 Å². The van der Waals surface area contributed by atoms with Crippen LogP contribution in [-0.2, 0) is 6.42 Å². The van der Waals surface area contributed by atoms with Crippen molar-refractivity contribution >= 4 is 11.6 Å². The number of nitrogens with one attached hydrogen (secondary N) is 2. The van der Waals surface area contributed by atoms with Crippen molar-refractivity contribution in [3.8, 4) is 0 Å². The monoisotopic (exact) mass is 360 g/mol. The third kappa shape index (κ3) is 7.59. The molecule has 1 aromatic carbocycles. The van der Waals surface area contributed by atoms with Crippen LogP contribution in [0.3, 0.4) is 0 Å². The molecular weight excluding hydrogens is 331 g/mol. The lowest BCUT2D eigenvalue weighted by atomic mass is 10.3. The van der Waals surface area contributed by atoms with Gasteiger partial charge in [-0.2, -0.15) is 0 Å². The predicted molar refractivity (Wildman–Crippen MR) is 106 cm³/mol. The second-order valence-corrected chi connectivity index (χ2v) is 6.07. The molecule has 2 rings (SSSR count). The summed E-state index contributed by atoms with van der Waals surface area (Å²) >= 11 is 0. The summed E-state index contributed by atoms with van der Waals surface area (Å²) in [5, 5.41) is 6.45. The summed E-state index contributed by atoms with van der Waals surface area (Å²) in [6.07, 6.45) is 3.88. The van der Waals surface area contributed by atoms with Crippen molar-refractivity contribution in [1.29, 1.82) is 0 Å². The molecule has 26 heavy (non-hydrogen) atoms. The van der Waals surface area contributed by atoms with Crippen LogP contribution in [0.4, 0.5) is 10.1 Å². The summed E-state index contributed by atoms with van der Waals surface area (Å²) in [4.78, 5) is 6.81. The van der Waals surface area contributed by atoms with Crippen molar-refractivity contribution in [3.05, 3.63) is 54.5 Å². The highest BCUT2D eigenvalue weighted by molar-refractivity contribution is 5.79. The van der Waals surface area contributed by atoms with Crippen molar-refractivity contribution in [1.82, 2.24) is 10.6 Å². The molecule has 0 saturated carbocycles. The van der Waals surface area contributed by atoms with E-state index >= 15 is 0 Å². The molecule has 142 valence electrons. The maximum Gasteiger partial charge on any atom is 0.191 e. The van der Waals surface area contributed by atoms with Crippen molar-refractivity contribution in [2.45, 2.75) is 19.3 Å². The molecule has 2 aromatic rings. The molecule has 0 fully saturated rings. The molecule has 0 amide bonds. The van der Waals surface area contributed by atoms with Crippen LogP contribution in [0.2, 0.25) is 0 Å². The van der Waals surface area contributed by atoms with Crippen LogP contribution in [0.1, 0.15) is 18.6 Å². The van der Waals surface area contributed by atoms with Gasteiger partial charge in [-0.1, -0.05) is 18.2 Å². The summed E-state index contributed by atoms with van der Waals surface area (Å²) in [6, 6.07) is 14.1. The van der Waals surface area contributed by atoms with Gasteiger partial charge in [0.15, 0.2) is 5.96 Å². The van der Waals surface area contributed by atoms with Gasteiger partial charge >= 0.3 is 0 Å². The Hall–Kier alpha value is -2.50. The van der Waals surface area contributed by atoms with E-state index in [0.29, 0.717) is 19.5 Å². The largest absolute Gasteiger partial charge is 0.469 e. The van der Waals surface area contributed by atoms with Gasteiger partial charge in [0.2, 0.25) is 0 Å². The van der Waals surface area contributed by atoms with E-state index in [9.17, 15) is 4.39 Å². The first-order valence-corrected chi connectivity index (χ1v) is 9.16. The molecule has 0 atom stereocenters. The number of anilines is 1. The van der Waals surface area contributed by atoms with E-state index in [2.05, 4.69) is 39.7 Å². The molecule has 1 aromatic heterocycles. The van der Waals surface area contributed by atoms with E-state index in [1.165, 1.54) is 5.69 Å². The molecule has 0 saturated heterocycles. The number of benzene rings is 1. The molecule has 6 heteroatoms. The second-order valence-electron chi connectivity index (χ2n) is 6.07. The zero-order valence-corrected chi connectivity index (χ0v) is 15.5. The van der Waals surface area contributed by atoms with Gasteiger partial charge in [0, 0.05) is 45.3 Å². The first kappa shape index (κ1) is 19.8. The Labute approximate surface area is 155 Å². The number of rotatable bonds is 11. The third-order valence-electron chi connectivity index (χ3n) is 3.97. The van der Waals surface area contributed by atoms with E-state index in [4.69, 9.17) is 4.42 Å². The highest BCUT2D eigenvalue weighted by atomic mass is 19.1. The summed E-state index contributed by atoms with van der Waals surface area (Å²) in [6.45, 7) is 2.61. The number of alkyl halides is 1. The van der Waals surface area contributed by atoms with E-state index in [1.54, 1.807) is 6.26 Å². The van der Waals surface area contributed by atoms with E-state index in [1.807, 2.05) is 30.3 Å². The fraction of sp³-hybridized carbons (Fsp3) is 0.450. The maximum atomic E-state index is 12.3. The minimum Gasteiger partial charge on any atom is -0.469 e. The molecule has 0 radical (unpaired) electrons. The van der Waals surface area contributed by atoms with Crippen LogP contribution >= 0.6 is 0 Å². The van der Waals surface area contributed by atoms with Gasteiger partial charge < -0.3 is 20.0 Å². The van der Waals surface area contributed by atoms with Gasteiger partial charge in [0.05, 0.1) is 12.9 Å². The van der Waals surface area contributed by atoms with Crippen LogP contribution in [-0.4, -0.2) is 45.9 Å². The fourth-order valence-corrected chi connectivity index (χ4v) is 2.52. The highest BCUT2D eigenvalue weighted by Crippen LogP contribution is 2.10.